The summed E-state index contributed by atoms with van der Waals surface area (Å²) in [4.78, 5) is 35.5. The molecule has 2 heterocycles. The van der Waals surface area contributed by atoms with Gasteiger partial charge >= 0.3 is 11.9 Å². The van der Waals surface area contributed by atoms with Gasteiger partial charge in [-0.15, -0.1) is 0 Å². The van der Waals surface area contributed by atoms with Crippen LogP contribution in [0.1, 0.15) is 32.5 Å². The van der Waals surface area contributed by atoms with Crippen LogP contribution in [-0.4, -0.2) is 63.8 Å². The Hall–Kier alpha value is -2.15. The van der Waals surface area contributed by atoms with Crippen molar-refractivity contribution in [3.05, 3.63) is 21.2 Å². The molecular weight excluding hydrogens is 570 g/mol. The molecule has 0 amide bonds. The van der Waals surface area contributed by atoms with Crippen LogP contribution in [-0.2, 0) is 23.8 Å². The monoisotopic (exact) mass is 591 g/mol. The van der Waals surface area contributed by atoms with E-state index in [-0.39, 0.29) is 17.4 Å². The van der Waals surface area contributed by atoms with Crippen molar-refractivity contribution in [1.82, 2.24) is 4.57 Å². The Balaban J connectivity index is 2.05. The number of carbonyl (C=O) groups is 3. The number of nitrogens with zero attached hydrogens (tertiary/aromatic N) is 1. The zero-order valence-electron chi connectivity index (χ0n) is 18.2. The third-order valence-electron chi connectivity index (χ3n) is 5.24. The third kappa shape index (κ3) is 5.03. The summed E-state index contributed by atoms with van der Waals surface area (Å²) >= 11 is 6.59. The van der Waals surface area contributed by atoms with Gasteiger partial charge in [0.2, 0.25) is 12.2 Å². The fourth-order valence-corrected chi connectivity index (χ4v) is 5.06. The number of esters is 2. The van der Waals surface area contributed by atoms with Gasteiger partial charge in [-0.3, -0.25) is 19.0 Å². The van der Waals surface area contributed by atoms with E-state index < -0.39 is 49.1 Å². The molecule has 5 atom stereocenters. The van der Waals surface area contributed by atoms with Crippen molar-refractivity contribution in [1.29, 1.82) is 0 Å². The van der Waals surface area contributed by atoms with Gasteiger partial charge in [0.1, 0.15) is 23.7 Å². The maximum Gasteiger partial charge on any atom is 0.303 e. The van der Waals surface area contributed by atoms with E-state index in [9.17, 15) is 24.6 Å². The van der Waals surface area contributed by atoms with Gasteiger partial charge in [-0.1, -0.05) is 6.92 Å². The van der Waals surface area contributed by atoms with Crippen LogP contribution in [0.25, 0.3) is 10.9 Å². The molecule has 2 aromatic rings. The lowest BCUT2D eigenvalue weighted by Gasteiger charge is -2.43. The summed E-state index contributed by atoms with van der Waals surface area (Å²) in [6.45, 7) is 4.94. The van der Waals surface area contributed by atoms with Crippen LogP contribution in [0, 0.1) is 5.92 Å². The molecule has 2 N–H and O–H groups in total. The van der Waals surface area contributed by atoms with E-state index in [1.54, 1.807) is 13.0 Å². The number of fused-ring (bicyclic) bond motifs is 1. The molecular formula is C21H23Br2NO9. The van der Waals surface area contributed by atoms with E-state index in [0.717, 1.165) is 0 Å². The second-order valence-electron chi connectivity index (χ2n) is 7.65. The summed E-state index contributed by atoms with van der Waals surface area (Å²) < 4.78 is 24.7. The number of aromatic hydroxyl groups is 1. The van der Waals surface area contributed by atoms with Crippen LogP contribution in [0.4, 0.5) is 0 Å². The van der Waals surface area contributed by atoms with Gasteiger partial charge in [-0.25, -0.2) is 0 Å². The number of aromatic nitrogens is 1. The molecule has 0 radical (unpaired) electrons. The first-order valence-electron chi connectivity index (χ1n) is 9.96. The summed E-state index contributed by atoms with van der Waals surface area (Å²) in [5.41, 5.74) is 0.463. The quantitative estimate of drug-likeness (QED) is 0.502. The van der Waals surface area contributed by atoms with Crippen molar-refractivity contribution in [2.24, 2.45) is 5.92 Å². The van der Waals surface area contributed by atoms with E-state index >= 15 is 0 Å². The van der Waals surface area contributed by atoms with Gasteiger partial charge in [0, 0.05) is 20.8 Å². The number of halogens is 2. The molecule has 12 heteroatoms. The Kier molecular flexibility index (Phi) is 7.72. The van der Waals surface area contributed by atoms with Crippen LogP contribution < -0.4 is 4.74 Å². The summed E-state index contributed by atoms with van der Waals surface area (Å²) in [6.07, 6.45) is -2.65. The normalized spacial score (nSPS) is 25.0. The maximum atomic E-state index is 12.2. The molecule has 10 nitrogen and oxygen atoms in total. The Morgan fingerprint density at radius 3 is 2.27 bits per heavy atom. The number of carbonyl (C=O) groups excluding carboxylic acids is 3. The first-order chi connectivity index (χ1) is 15.5. The smallest absolute Gasteiger partial charge is 0.303 e. The van der Waals surface area contributed by atoms with Crippen LogP contribution >= 0.6 is 31.9 Å². The number of hydrogen-bond acceptors (Lipinski definition) is 9. The van der Waals surface area contributed by atoms with Gasteiger partial charge in [0.15, 0.2) is 6.10 Å². The molecule has 0 aliphatic carbocycles. The molecule has 33 heavy (non-hydrogen) atoms. The van der Waals surface area contributed by atoms with E-state index in [0.29, 0.717) is 19.8 Å². The minimum Gasteiger partial charge on any atom is -0.506 e. The van der Waals surface area contributed by atoms with Crippen LogP contribution in [0.5, 0.6) is 11.5 Å². The molecule has 1 fully saturated rings. The maximum absolute atomic E-state index is 12.2. The lowest BCUT2D eigenvalue weighted by molar-refractivity contribution is -0.266. The van der Waals surface area contributed by atoms with Gasteiger partial charge in [0.25, 0.3) is 0 Å². The average molecular weight is 593 g/mol. The summed E-state index contributed by atoms with van der Waals surface area (Å²) in [7, 11) is 0. The van der Waals surface area contributed by atoms with E-state index in [2.05, 4.69) is 31.9 Å². The Morgan fingerprint density at radius 1 is 1.12 bits per heavy atom. The standard InChI is InChI=1S/C21H23Br2NO9/c1-8-19(30-10(3)27)20(31-11(4)28)15(7-25)33-21(8)32-14-6-24(9(2)26)13-5-12(22)18(29)17(23)16(13)14/h5-6,8,15,19-21,25,29H,7H2,1-4H3/t8-,15-,19-,20-,21-/m1/s1. The minimum atomic E-state index is -1.05. The second-order valence-corrected chi connectivity index (χ2v) is 9.30. The van der Waals surface area contributed by atoms with E-state index in [4.69, 9.17) is 18.9 Å². The highest BCUT2D eigenvalue weighted by Crippen LogP contribution is 2.45. The highest BCUT2D eigenvalue weighted by Gasteiger charge is 2.49. The largest absolute Gasteiger partial charge is 0.506 e. The number of hydrogen-bond donors (Lipinski definition) is 2. The lowest BCUT2D eigenvalue weighted by atomic mass is 9.92. The van der Waals surface area contributed by atoms with E-state index in [1.165, 1.54) is 31.5 Å². The van der Waals surface area contributed by atoms with Crippen molar-refractivity contribution >= 4 is 60.6 Å². The second kappa shape index (κ2) is 10.00. The topological polar surface area (TPSA) is 134 Å². The summed E-state index contributed by atoms with van der Waals surface area (Å²) in [5, 5.41) is 20.6. The molecule has 0 unspecified atom stereocenters. The lowest BCUT2D eigenvalue weighted by Crippen LogP contribution is -2.58. The first-order valence-corrected chi connectivity index (χ1v) is 11.5. The van der Waals surface area contributed by atoms with Gasteiger partial charge in [-0.05, 0) is 37.9 Å². The van der Waals surface area contributed by atoms with Crippen LogP contribution in [0.3, 0.4) is 0 Å². The van der Waals surface area contributed by atoms with Gasteiger partial charge < -0.3 is 29.2 Å². The van der Waals surface area contributed by atoms with E-state index in [1.807, 2.05) is 0 Å². The SMILES string of the molecule is CC(=O)O[C@@H]1[C@@H](C)[C@H](Oc2cn(C(C)=O)c3cc(Br)c(O)c(Br)c23)O[C@H](CO)[C@H]1OC(C)=O. The molecule has 0 bridgehead atoms. The fraction of sp³-hybridized carbons (Fsp3) is 0.476. The zero-order valence-corrected chi connectivity index (χ0v) is 21.4. The molecule has 0 saturated carbocycles. The number of phenolic OH excluding ortho intramolecular Hbond substituents is 1. The number of phenols is 1. The number of benzene rings is 1. The molecule has 1 aliphatic rings. The van der Waals surface area contributed by atoms with Gasteiger partial charge in [0.05, 0.1) is 38.6 Å². The zero-order chi connectivity index (χ0) is 24.6. The van der Waals surface area contributed by atoms with Crippen LogP contribution in [0.15, 0.2) is 21.2 Å². The Morgan fingerprint density at radius 2 is 1.73 bits per heavy atom. The first kappa shape index (κ1) is 25.5. The van der Waals surface area contributed by atoms with Crippen molar-refractivity contribution in [2.45, 2.75) is 52.3 Å². The van der Waals surface area contributed by atoms with Gasteiger partial charge in [-0.2, -0.15) is 0 Å². The molecule has 1 aromatic carbocycles. The Bertz CT molecular complexity index is 1100. The van der Waals surface area contributed by atoms with Crippen molar-refractivity contribution in [3.63, 3.8) is 0 Å². The number of rotatable bonds is 5. The van der Waals surface area contributed by atoms with Crippen molar-refractivity contribution in [3.8, 4) is 11.5 Å². The highest BCUT2D eigenvalue weighted by molar-refractivity contribution is 9.11. The number of ether oxygens (including phenoxy) is 4. The number of aliphatic hydroxyl groups excluding tert-OH is 1. The minimum absolute atomic E-state index is 0.0905. The predicted molar refractivity (Wildman–Crippen MR) is 122 cm³/mol. The molecule has 1 saturated heterocycles. The average Bonchev–Trinajstić information content (AvgIpc) is 3.08. The molecule has 1 aromatic heterocycles. The van der Waals surface area contributed by atoms with Crippen molar-refractivity contribution in [2.75, 3.05) is 6.61 Å². The third-order valence-corrected chi connectivity index (χ3v) is 6.62. The molecule has 0 spiro atoms. The molecule has 180 valence electrons. The Labute approximate surface area is 206 Å². The predicted octanol–water partition coefficient (Wildman–Crippen LogP) is 3.13. The fourth-order valence-electron chi connectivity index (χ4n) is 3.77. The molecule has 3 rings (SSSR count). The highest BCUT2D eigenvalue weighted by atomic mass is 79.9. The van der Waals surface area contributed by atoms with Crippen molar-refractivity contribution < 1.29 is 43.5 Å². The molecule has 1 aliphatic heterocycles. The van der Waals surface area contributed by atoms with Crippen LogP contribution in [0.2, 0.25) is 0 Å². The number of aliphatic hydroxyl groups is 1. The summed E-state index contributed by atoms with van der Waals surface area (Å²) in [6, 6.07) is 1.57. The summed E-state index contributed by atoms with van der Waals surface area (Å²) in [5.74, 6) is -2.05.